The highest BCUT2D eigenvalue weighted by Crippen LogP contribution is 2.26. The average molecular weight is 313 g/mol. The van der Waals surface area contributed by atoms with Gasteiger partial charge in [-0.2, -0.15) is 0 Å². The van der Waals surface area contributed by atoms with Crippen LogP contribution in [0.15, 0.2) is 22.7 Å². The molecule has 1 heterocycles. The van der Waals surface area contributed by atoms with Gasteiger partial charge in [0.15, 0.2) is 0 Å². The van der Waals surface area contributed by atoms with E-state index in [1.165, 1.54) is 19.3 Å². The predicted molar refractivity (Wildman–Crippen MR) is 74.5 cm³/mol. The van der Waals surface area contributed by atoms with Gasteiger partial charge in [-0.05, 0) is 37.9 Å². The van der Waals surface area contributed by atoms with E-state index in [0.29, 0.717) is 6.04 Å². The highest BCUT2D eigenvalue weighted by molar-refractivity contribution is 9.10. The third-order valence-electron chi connectivity index (χ3n) is 3.56. The van der Waals surface area contributed by atoms with E-state index in [-0.39, 0.29) is 10.6 Å². The van der Waals surface area contributed by atoms with Crippen LogP contribution in [0.4, 0.5) is 5.69 Å². The standard InChI is InChI=1S/C13H17BrN2O2/c1-10-4-2-3-7-15(10)9-11-5-6-12(16(17)18)8-13(11)14/h5-6,8,10H,2-4,7,9H2,1H3. The van der Waals surface area contributed by atoms with Crippen LogP contribution in [0.2, 0.25) is 0 Å². The van der Waals surface area contributed by atoms with Crippen molar-refractivity contribution in [2.75, 3.05) is 6.54 Å². The third-order valence-corrected chi connectivity index (χ3v) is 4.30. The summed E-state index contributed by atoms with van der Waals surface area (Å²) in [5, 5.41) is 10.7. The Kier molecular flexibility index (Phi) is 4.35. The molecule has 4 nitrogen and oxygen atoms in total. The minimum Gasteiger partial charge on any atom is -0.296 e. The lowest BCUT2D eigenvalue weighted by atomic mass is 10.0. The number of likely N-dealkylation sites (tertiary alicyclic amines) is 1. The fourth-order valence-corrected chi connectivity index (χ4v) is 2.88. The first-order valence-electron chi connectivity index (χ1n) is 6.25. The van der Waals surface area contributed by atoms with Crippen molar-refractivity contribution in [1.29, 1.82) is 0 Å². The molecule has 18 heavy (non-hydrogen) atoms. The van der Waals surface area contributed by atoms with E-state index in [0.717, 1.165) is 23.1 Å². The molecule has 1 aliphatic rings. The molecular weight excluding hydrogens is 296 g/mol. The molecule has 1 unspecified atom stereocenters. The maximum absolute atomic E-state index is 10.7. The van der Waals surface area contributed by atoms with Crippen LogP contribution in [0.5, 0.6) is 0 Å². The highest BCUT2D eigenvalue weighted by atomic mass is 79.9. The molecule has 1 atom stereocenters. The van der Waals surface area contributed by atoms with Crippen molar-refractivity contribution in [3.05, 3.63) is 38.3 Å². The Balaban J connectivity index is 2.11. The highest BCUT2D eigenvalue weighted by Gasteiger charge is 2.19. The molecule has 0 amide bonds. The van der Waals surface area contributed by atoms with Crippen LogP contribution in [0.25, 0.3) is 0 Å². The Labute approximate surface area is 115 Å². The molecule has 0 spiro atoms. The SMILES string of the molecule is CC1CCCCN1Cc1ccc([N+](=O)[O-])cc1Br. The van der Waals surface area contributed by atoms with Gasteiger partial charge in [0.1, 0.15) is 0 Å². The average Bonchev–Trinajstić information content (AvgIpc) is 2.34. The zero-order valence-corrected chi connectivity index (χ0v) is 12.0. The fraction of sp³-hybridized carbons (Fsp3) is 0.538. The van der Waals surface area contributed by atoms with E-state index in [2.05, 4.69) is 27.8 Å². The number of nitro benzene ring substituents is 1. The molecule has 1 aliphatic heterocycles. The summed E-state index contributed by atoms with van der Waals surface area (Å²) in [6, 6.07) is 5.61. The zero-order valence-electron chi connectivity index (χ0n) is 10.4. The molecule has 0 N–H and O–H groups in total. The number of benzene rings is 1. The monoisotopic (exact) mass is 312 g/mol. The Morgan fingerprint density at radius 1 is 1.50 bits per heavy atom. The summed E-state index contributed by atoms with van der Waals surface area (Å²) in [5.74, 6) is 0. The van der Waals surface area contributed by atoms with E-state index in [1.54, 1.807) is 12.1 Å². The summed E-state index contributed by atoms with van der Waals surface area (Å²) in [6.45, 7) is 4.22. The molecule has 0 bridgehead atoms. The lowest BCUT2D eigenvalue weighted by Gasteiger charge is -2.33. The summed E-state index contributed by atoms with van der Waals surface area (Å²) in [5.41, 5.74) is 1.26. The second-order valence-electron chi connectivity index (χ2n) is 4.85. The summed E-state index contributed by atoms with van der Waals surface area (Å²) in [7, 11) is 0. The molecule has 5 heteroatoms. The number of non-ortho nitro benzene ring substituents is 1. The molecular formula is C13H17BrN2O2. The largest absolute Gasteiger partial charge is 0.296 e. The first kappa shape index (κ1) is 13.5. The van der Waals surface area contributed by atoms with E-state index in [1.807, 2.05) is 6.07 Å². The Morgan fingerprint density at radius 3 is 2.89 bits per heavy atom. The quantitative estimate of drug-likeness (QED) is 0.631. The topological polar surface area (TPSA) is 46.4 Å². The van der Waals surface area contributed by atoms with Crippen LogP contribution in [0.1, 0.15) is 31.7 Å². The molecule has 2 rings (SSSR count). The minimum absolute atomic E-state index is 0.136. The normalized spacial score (nSPS) is 20.9. The van der Waals surface area contributed by atoms with Crippen LogP contribution in [-0.4, -0.2) is 22.4 Å². The van der Waals surface area contributed by atoms with E-state index < -0.39 is 0 Å². The summed E-state index contributed by atoms with van der Waals surface area (Å²) in [4.78, 5) is 12.8. The third kappa shape index (κ3) is 3.09. The predicted octanol–water partition coefficient (Wildman–Crippen LogP) is 3.73. The van der Waals surface area contributed by atoms with Crippen LogP contribution < -0.4 is 0 Å². The van der Waals surface area contributed by atoms with Gasteiger partial charge in [0, 0.05) is 29.2 Å². The molecule has 0 saturated carbocycles. The summed E-state index contributed by atoms with van der Waals surface area (Å²) >= 11 is 3.43. The number of halogens is 1. The number of piperidine rings is 1. The zero-order chi connectivity index (χ0) is 13.1. The molecule has 1 aromatic rings. The number of rotatable bonds is 3. The van der Waals surface area contributed by atoms with Gasteiger partial charge in [-0.25, -0.2) is 0 Å². The number of hydrogen-bond donors (Lipinski definition) is 0. The fourth-order valence-electron chi connectivity index (χ4n) is 2.39. The van der Waals surface area contributed by atoms with Crippen molar-refractivity contribution >= 4 is 21.6 Å². The maximum Gasteiger partial charge on any atom is 0.270 e. The first-order valence-corrected chi connectivity index (χ1v) is 7.04. The Hall–Kier alpha value is -0.940. The van der Waals surface area contributed by atoms with Crippen LogP contribution in [0, 0.1) is 10.1 Å². The first-order chi connectivity index (χ1) is 8.58. The van der Waals surface area contributed by atoms with Gasteiger partial charge in [-0.1, -0.05) is 22.4 Å². The van der Waals surface area contributed by atoms with Crippen molar-refractivity contribution in [1.82, 2.24) is 4.90 Å². The van der Waals surface area contributed by atoms with Gasteiger partial charge < -0.3 is 0 Å². The van der Waals surface area contributed by atoms with E-state index >= 15 is 0 Å². The molecule has 0 radical (unpaired) electrons. The Bertz CT molecular complexity index is 451. The molecule has 1 aromatic carbocycles. The van der Waals surface area contributed by atoms with Crippen molar-refractivity contribution in [3.8, 4) is 0 Å². The van der Waals surface area contributed by atoms with Gasteiger partial charge in [-0.15, -0.1) is 0 Å². The van der Waals surface area contributed by atoms with Crippen LogP contribution >= 0.6 is 15.9 Å². The van der Waals surface area contributed by atoms with Gasteiger partial charge in [0.05, 0.1) is 4.92 Å². The molecule has 1 saturated heterocycles. The van der Waals surface area contributed by atoms with Crippen molar-refractivity contribution in [2.24, 2.45) is 0 Å². The van der Waals surface area contributed by atoms with Crippen molar-refractivity contribution in [2.45, 2.75) is 38.8 Å². The van der Waals surface area contributed by atoms with E-state index in [4.69, 9.17) is 0 Å². The molecule has 0 aromatic heterocycles. The molecule has 98 valence electrons. The maximum atomic E-state index is 10.7. The van der Waals surface area contributed by atoms with Crippen LogP contribution in [0.3, 0.4) is 0 Å². The van der Waals surface area contributed by atoms with Crippen LogP contribution in [-0.2, 0) is 6.54 Å². The Morgan fingerprint density at radius 2 is 2.28 bits per heavy atom. The second kappa shape index (κ2) is 5.80. The van der Waals surface area contributed by atoms with Gasteiger partial charge in [0.2, 0.25) is 0 Å². The number of nitrogens with zero attached hydrogens (tertiary/aromatic N) is 2. The summed E-state index contributed by atoms with van der Waals surface area (Å²) in [6.07, 6.45) is 3.79. The summed E-state index contributed by atoms with van der Waals surface area (Å²) < 4.78 is 0.828. The molecule has 0 aliphatic carbocycles. The minimum atomic E-state index is -0.363. The second-order valence-corrected chi connectivity index (χ2v) is 5.70. The smallest absolute Gasteiger partial charge is 0.270 e. The lowest BCUT2D eigenvalue weighted by molar-refractivity contribution is -0.384. The van der Waals surface area contributed by atoms with Gasteiger partial charge in [0.25, 0.3) is 5.69 Å². The van der Waals surface area contributed by atoms with Crippen molar-refractivity contribution in [3.63, 3.8) is 0 Å². The van der Waals surface area contributed by atoms with Gasteiger partial charge >= 0.3 is 0 Å². The lowest BCUT2D eigenvalue weighted by Crippen LogP contribution is -2.36. The number of nitro groups is 1. The van der Waals surface area contributed by atoms with E-state index in [9.17, 15) is 10.1 Å². The van der Waals surface area contributed by atoms with Gasteiger partial charge in [-0.3, -0.25) is 15.0 Å². The van der Waals surface area contributed by atoms with Crippen molar-refractivity contribution < 1.29 is 4.92 Å². The number of hydrogen-bond acceptors (Lipinski definition) is 3. The molecule has 1 fully saturated rings.